The molecule has 0 aliphatic rings. The monoisotopic (exact) mass is 246 g/mol. The highest BCUT2D eigenvalue weighted by Crippen LogP contribution is 2.34. The molecule has 1 heterocycles. The van der Waals surface area contributed by atoms with E-state index in [0.29, 0.717) is 0 Å². The molecule has 56 valence electrons. The molecule has 0 atom stereocenters. The molecule has 1 aromatic heterocycles. The number of hydrogen-bond acceptors (Lipinski definition) is 1. The van der Waals surface area contributed by atoms with Gasteiger partial charge in [-0.05, 0) is 33.4 Å². The van der Waals surface area contributed by atoms with Gasteiger partial charge in [-0.3, -0.25) is 0 Å². The van der Waals surface area contributed by atoms with Crippen LogP contribution in [0.4, 0.5) is 0 Å². The number of thiophene rings is 1. The van der Waals surface area contributed by atoms with Gasteiger partial charge in [-0.15, -0.1) is 11.3 Å². The molecule has 11 heavy (non-hydrogen) atoms. The van der Waals surface area contributed by atoms with Crippen molar-refractivity contribution in [1.82, 2.24) is 0 Å². The maximum absolute atomic E-state index is 5.96. The van der Waals surface area contributed by atoms with Crippen molar-refractivity contribution in [3.05, 3.63) is 33.1 Å². The van der Waals surface area contributed by atoms with Crippen molar-refractivity contribution in [3.63, 3.8) is 0 Å². The highest BCUT2D eigenvalue weighted by Gasteiger charge is 2.01. The normalized spacial score (nSPS) is 10.7. The summed E-state index contributed by atoms with van der Waals surface area (Å²) in [4.78, 5) is 0. The van der Waals surface area contributed by atoms with Gasteiger partial charge in [-0.1, -0.05) is 23.7 Å². The minimum atomic E-state index is 0.832. The smallest absolute Gasteiger partial charge is 0.0711 e. The summed E-state index contributed by atoms with van der Waals surface area (Å²) < 4.78 is 2.28. The Labute approximate surface area is 81.9 Å². The van der Waals surface area contributed by atoms with Gasteiger partial charge in [0.25, 0.3) is 0 Å². The lowest BCUT2D eigenvalue weighted by Crippen LogP contribution is -1.62. The molecule has 1 aromatic carbocycles. The molecule has 0 spiro atoms. The van der Waals surface area contributed by atoms with Crippen LogP contribution in [0, 0.1) is 0 Å². The van der Waals surface area contributed by atoms with E-state index < -0.39 is 0 Å². The highest BCUT2D eigenvalue weighted by atomic mass is 79.9. The molecule has 0 fully saturated rings. The number of rotatable bonds is 0. The summed E-state index contributed by atoms with van der Waals surface area (Å²) in [6, 6.07) is 8.00. The average Bonchev–Trinajstić information content (AvgIpc) is 2.31. The molecule has 0 bridgehead atoms. The lowest BCUT2D eigenvalue weighted by molar-refractivity contribution is 1.85. The second-order valence-corrected chi connectivity index (χ2v) is 5.05. The Bertz CT molecular complexity index is 394. The summed E-state index contributed by atoms with van der Waals surface area (Å²) in [5.41, 5.74) is 0. The van der Waals surface area contributed by atoms with Crippen molar-refractivity contribution in [2.24, 2.45) is 0 Å². The van der Waals surface area contributed by atoms with Crippen LogP contribution in [0.2, 0.25) is 5.02 Å². The predicted molar refractivity (Wildman–Crippen MR) is 54.5 cm³/mol. The van der Waals surface area contributed by atoms with Crippen LogP contribution in [0.1, 0.15) is 0 Å². The number of fused-ring (bicyclic) bond motifs is 1. The van der Waals surface area contributed by atoms with Gasteiger partial charge in [-0.25, -0.2) is 0 Å². The molecule has 3 heteroatoms. The van der Waals surface area contributed by atoms with Gasteiger partial charge >= 0.3 is 0 Å². The third-order valence-corrected chi connectivity index (χ3v) is 3.58. The van der Waals surface area contributed by atoms with Crippen molar-refractivity contribution < 1.29 is 0 Å². The van der Waals surface area contributed by atoms with E-state index in [0.717, 1.165) is 13.5 Å². The minimum Gasteiger partial charge on any atom is -0.127 e. The standard InChI is InChI=1S/C8H4BrClS/c9-7-4-5-2-1-3-6(10)8(5)11-7/h1-4H. The first-order valence-corrected chi connectivity index (χ1v) is 5.10. The van der Waals surface area contributed by atoms with Crippen molar-refractivity contribution in [2.45, 2.75) is 0 Å². The summed E-state index contributed by atoms with van der Waals surface area (Å²) in [7, 11) is 0. The van der Waals surface area contributed by atoms with E-state index in [-0.39, 0.29) is 0 Å². The van der Waals surface area contributed by atoms with Crippen LogP contribution in [0.25, 0.3) is 10.1 Å². The van der Waals surface area contributed by atoms with Crippen LogP contribution >= 0.6 is 38.9 Å². The summed E-state index contributed by atoms with van der Waals surface area (Å²) in [5, 5.41) is 2.03. The Kier molecular flexibility index (Phi) is 1.91. The number of halogens is 2. The molecule has 0 nitrogen and oxygen atoms in total. The summed E-state index contributed by atoms with van der Waals surface area (Å²) in [6.07, 6.45) is 0. The quantitative estimate of drug-likeness (QED) is 0.650. The maximum Gasteiger partial charge on any atom is 0.0711 e. The van der Waals surface area contributed by atoms with Crippen molar-refractivity contribution >= 4 is 49.0 Å². The van der Waals surface area contributed by atoms with Crippen LogP contribution in [0.5, 0.6) is 0 Å². The van der Waals surface area contributed by atoms with E-state index >= 15 is 0 Å². The molecule has 0 radical (unpaired) electrons. The molecule has 0 amide bonds. The fraction of sp³-hybridized carbons (Fsp3) is 0. The fourth-order valence-electron chi connectivity index (χ4n) is 0.996. The first-order chi connectivity index (χ1) is 5.27. The van der Waals surface area contributed by atoms with Crippen molar-refractivity contribution in [3.8, 4) is 0 Å². The first kappa shape index (κ1) is 7.59. The Morgan fingerprint density at radius 2 is 2.18 bits per heavy atom. The van der Waals surface area contributed by atoms with E-state index in [1.165, 1.54) is 5.39 Å². The van der Waals surface area contributed by atoms with Gasteiger partial charge in [0.1, 0.15) is 0 Å². The Balaban J connectivity index is 2.90. The molecule has 0 saturated heterocycles. The van der Waals surface area contributed by atoms with Gasteiger partial charge in [0.05, 0.1) is 13.5 Å². The number of hydrogen-bond donors (Lipinski definition) is 0. The van der Waals surface area contributed by atoms with Gasteiger partial charge in [0.15, 0.2) is 0 Å². The molecule has 0 aliphatic carbocycles. The maximum atomic E-state index is 5.96. The Hall–Kier alpha value is -0.0500. The minimum absolute atomic E-state index is 0.832. The van der Waals surface area contributed by atoms with E-state index in [1.54, 1.807) is 11.3 Å². The van der Waals surface area contributed by atoms with Gasteiger partial charge < -0.3 is 0 Å². The van der Waals surface area contributed by atoms with Crippen LogP contribution in [0.15, 0.2) is 28.1 Å². The molecule has 2 rings (SSSR count). The fourth-order valence-corrected chi connectivity index (χ4v) is 2.82. The van der Waals surface area contributed by atoms with E-state index in [2.05, 4.69) is 28.1 Å². The molecule has 0 N–H and O–H groups in total. The van der Waals surface area contributed by atoms with Crippen LogP contribution < -0.4 is 0 Å². The molecular formula is C8H4BrClS. The average molecular weight is 248 g/mol. The van der Waals surface area contributed by atoms with Gasteiger partial charge in [0, 0.05) is 0 Å². The van der Waals surface area contributed by atoms with Gasteiger partial charge in [0.2, 0.25) is 0 Å². The first-order valence-electron chi connectivity index (χ1n) is 3.11. The largest absolute Gasteiger partial charge is 0.127 e. The van der Waals surface area contributed by atoms with Crippen molar-refractivity contribution in [2.75, 3.05) is 0 Å². The molecule has 0 aliphatic heterocycles. The molecular weight excluding hydrogens is 244 g/mol. The summed E-state index contributed by atoms with van der Waals surface area (Å²) >= 11 is 11.0. The van der Waals surface area contributed by atoms with E-state index in [4.69, 9.17) is 11.6 Å². The predicted octanol–water partition coefficient (Wildman–Crippen LogP) is 4.32. The molecule has 0 saturated carbocycles. The zero-order valence-electron chi connectivity index (χ0n) is 5.47. The number of benzene rings is 1. The van der Waals surface area contributed by atoms with Crippen molar-refractivity contribution in [1.29, 1.82) is 0 Å². The van der Waals surface area contributed by atoms with Crippen LogP contribution in [-0.4, -0.2) is 0 Å². The highest BCUT2D eigenvalue weighted by molar-refractivity contribution is 9.11. The molecule has 0 unspecified atom stereocenters. The van der Waals surface area contributed by atoms with Crippen LogP contribution in [0.3, 0.4) is 0 Å². The van der Waals surface area contributed by atoms with Crippen LogP contribution in [-0.2, 0) is 0 Å². The lowest BCUT2D eigenvalue weighted by Gasteiger charge is -1.89. The lowest BCUT2D eigenvalue weighted by atomic mass is 10.3. The zero-order chi connectivity index (χ0) is 7.84. The van der Waals surface area contributed by atoms with E-state index in [9.17, 15) is 0 Å². The zero-order valence-corrected chi connectivity index (χ0v) is 8.63. The SMILES string of the molecule is Clc1cccc2cc(Br)sc12. The Morgan fingerprint density at radius 3 is 2.91 bits per heavy atom. The second kappa shape index (κ2) is 2.77. The second-order valence-electron chi connectivity index (χ2n) is 2.21. The topological polar surface area (TPSA) is 0 Å². The third kappa shape index (κ3) is 1.31. The molecule has 2 aromatic rings. The van der Waals surface area contributed by atoms with Gasteiger partial charge in [-0.2, -0.15) is 0 Å². The summed E-state index contributed by atoms with van der Waals surface area (Å²) in [5.74, 6) is 0. The Morgan fingerprint density at radius 1 is 1.36 bits per heavy atom. The summed E-state index contributed by atoms with van der Waals surface area (Å²) in [6.45, 7) is 0. The third-order valence-electron chi connectivity index (χ3n) is 1.47. The van der Waals surface area contributed by atoms with E-state index in [1.807, 2.05) is 12.1 Å².